The highest BCUT2D eigenvalue weighted by atomic mass is 16.4. The zero-order valence-electron chi connectivity index (χ0n) is 12.3. The lowest BCUT2D eigenvalue weighted by Crippen LogP contribution is -2.01. The third kappa shape index (κ3) is 15.1. The van der Waals surface area contributed by atoms with Gasteiger partial charge in [-0.25, -0.2) is 0 Å². The summed E-state index contributed by atoms with van der Waals surface area (Å²) in [6, 6.07) is 0. The third-order valence-corrected chi connectivity index (χ3v) is 3.22. The number of allylic oxidation sites excluding steroid dienone is 1. The highest BCUT2D eigenvalue weighted by Gasteiger charge is 2.00. The molecule has 0 aliphatic rings. The maximum atomic E-state index is 10.3. The van der Waals surface area contributed by atoms with E-state index in [2.05, 4.69) is 13.0 Å². The van der Waals surface area contributed by atoms with Crippen LogP contribution in [0.3, 0.4) is 0 Å². The van der Waals surface area contributed by atoms with Gasteiger partial charge in [0.2, 0.25) is 0 Å². The summed E-state index contributed by atoms with van der Waals surface area (Å²) in [4.78, 5) is 10.3. The van der Waals surface area contributed by atoms with E-state index in [9.17, 15) is 9.90 Å². The van der Waals surface area contributed by atoms with Crippen molar-refractivity contribution in [2.24, 2.45) is 0 Å². The number of carboxylic acids is 1. The topological polar surface area (TPSA) is 57.5 Å². The number of rotatable bonds is 13. The SMILES string of the molecule is CCCCCC/C=C\[C@H](O)CCCCCCC(=O)O. The Bertz CT molecular complexity index is 236. The van der Waals surface area contributed by atoms with Gasteiger partial charge in [0.1, 0.15) is 0 Å². The minimum Gasteiger partial charge on any atom is -0.481 e. The Morgan fingerprint density at radius 1 is 1.05 bits per heavy atom. The number of aliphatic hydroxyl groups excluding tert-OH is 1. The second-order valence-corrected chi connectivity index (χ2v) is 5.19. The van der Waals surface area contributed by atoms with Gasteiger partial charge in [-0.1, -0.05) is 57.6 Å². The number of carboxylic acid groups (broad SMARTS) is 1. The normalized spacial score (nSPS) is 12.9. The summed E-state index contributed by atoms with van der Waals surface area (Å²) in [6.45, 7) is 2.20. The summed E-state index contributed by atoms with van der Waals surface area (Å²) < 4.78 is 0. The van der Waals surface area contributed by atoms with E-state index in [1.54, 1.807) is 0 Å². The molecule has 0 saturated heterocycles. The minimum atomic E-state index is -0.717. The van der Waals surface area contributed by atoms with Crippen LogP contribution in [0.1, 0.15) is 77.6 Å². The fourth-order valence-electron chi connectivity index (χ4n) is 2.02. The quantitative estimate of drug-likeness (QED) is 0.387. The molecule has 0 saturated carbocycles. The van der Waals surface area contributed by atoms with Crippen molar-refractivity contribution in [3.63, 3.8) is 0 Å². The molecule has 0 aliphatic heterocycles. The Balaban J connectivity index is 3.31. The van der Waals surface area contributed by atoms with Gasteiger partial charge < -0.3 is 10.2 Å². The van der Waals surface area contributed by atoms with E-state index in [1.165, 1.54) is 25.7 Å². The lowest BCUT2D eigenvalue weighted by Gasteiger charge is -2.05. The predicted molar refractivity (Wildman–Crippen MR) is 79.2 cm³/mol. The molecule has 0 bridgehead atoms. The molecule has 112 valence electrons. The largest absolute Gasteiger partial charge is 0.481 e. The highest BCUT2D eigenvalue weighted by Crippen LogP contribution is 2.09. The van der Waals surface area contributed by atoms with E-state index in [4.69, 9.17) is 5.11 Å². The maximum absolute atomic E-state index is 10.3. The zero-order valence-corrected chi connectivity index (χ0v) is 12.3. The molecule has 2 N–H and O–H groups in total. The molecular formula is C16H30O3. The smallest absolute Gasteiger partial charge is 0.303 e. The Morgan fingerprint density at radius 3 is 2.42 bits per heavy atom. The van der Waals surface area contributed by atoms with Crippen molar-refractivity contribution in [2.75, 3.05) is 0 Å². The molecule has 0 aliphatic carbocycles. The van der Waals surface area contributed by atoms with Gasteiger partial charge in [-0.3, -0.25) is 4.79 Å². The van der Waals surface area contributed by atoms with E-state index in [0.717, 1.165) is 38.5 Å². The molecule has 0 fully saturated rings. The zero-order chi connectivity index (χ0) is 14.3. The Labute approximate surface area is 117 Å². The van der Waals surface area contributed by atoms with Gasteiger partial charge in [0.05, 0.1) is 6.10 Å². The van der Waals surface area contributed by atoms with Gasteiger partial charge >= 0.3 is 5.97 Å². The summed E-state index contributed by atoms with van der Waals surface area (Å²) in [5.74, 6) is -0.717. The summed E-state index contributed by atoms with van der Waals surface area (Å²) in [5, 5.41) is 18.2. The summed E-state index contributed by atoms with van der Waals surface area (Å²) in [7, 11) is 0. The summed E-state index contributed by atoms with van der Waals surface area (Å²) >= 11 is 0. The van der Waals surface area contributed by atoms with E-state index in [-0.39, 0.29) is 12.5 Å². The van der Waals surface area contributed by atoms with Gasteiger partial charge in [-0.05, 0) is 25.7 Å². The maximum Gasteiger partial charge on any atom is 0.303 e. The Kier molecular flexibility index (Phi) is 13.0. The molecule has 19 heavy (non-hydrogen) atoms. The van der Waals surface area contributed by atoms with Crippen molar-refractivity contribution >= 4 is 5.97 Å². The molecule has 3 heteroatoms. The van der Waals surface area contributed by atoms with E-state index < -0.39 is 5.97 Å². The standard InChI is InChI=1S/C16H30O3/c1-2-3-4-5-6-9-12-15(17)13-10-7-8-11-14-16(18)19/h9,12,15,17H,2-8,10-11,13-14H2,1H3,(H,18,19)/b12-9-/t15-/m0/s1. The molecule has 0 amide bonds. The molecule has 0 rings (SSSR count). The van der Waals surface area contributed by atoms with Crippen LogP contribution in [0.5, 0.6) is 0 Å². The first kappa shape index (κ1) is 18.2. The average molecular weight is 270 g/mol. The molecule has 0 aromatic rings. The fourth-order valence-corrected chi connectivity index (χ4v) is 2.02. The van der Waals surface area contributed by atoms with Crippen LogP contribution in [0, 0.1) is 0 Å². The highest BCUT2D eigenvalue weighted by molar-refractivity contribution is 5.66. The average Bonchev–Trinajstić information content (AvgIpc) is 2.37. The molecule has 0 aromatic carbocycles. The molecular weight excluding hydrogens is 240 g/mol. The molecule has 0 heterocycles. The predicted octanol–water partition coefficient (Wildman–Crippen LogP) is 4.30. The molecule has 3 nitrogen and oxygen atoms in total. The molecule has 0 spiro atoms. The van der Waals surface area contributed by atoms with Crippen molar-refractivity contribution < 1.29 is 15.0 Å². The number of unbranched alkanes of at least 4 members (excludes halogenated alkanes) is 7. The summed E-state index contributed by atoms with van der Waals surface area (Å²) in [6.07, 6.45) is 14.5. The molecule has 0 unspecified atom stereocenters. The van der Waals surface area contributed by atoms with Crippen LogP contribution in [-0.4, -0.2) is 22.3 Å². The van der Waals surface area contributed by atoms with E-state index >= 15 is 0 Å². The number of carbonyl (C=O) groups is 1. The first-order valence-corrected chi connectivity index (χ1v) is 7.73. The van der Waals surface area contributed by atoms with Crippen LogP contribution in [0.15, 0.2) is 12.2 Å². The first-order valence-electron chi connectivity index (χ1n) is 7.73. The van der Waals surface area contributed by atoms with Crippen LogP contribution < -0.4 is 0 Å². The van der Waals surface area contributed by atoms with Crippen LogP contribution in [0.25, 0.3) is 0 Å². The second-order valence-electron chi connectivity index (χ2n) is 5.19. The Morgan fingerprint density at radius 2 is 1.74 bits per heavy atom. The van der Waals surface area contributed by atoms with Crippen LogP contribution in [0.2, 0.25) is 0 Å². The first-order chi connectivity index (χ1) is 9.16. The molecule has 1 atom stereocenters. The third-order valence-electron chi connectivity index (χ3n) is 3.22. The van der Waals surface area contributed by atoms with Crippen LogP contribution >= 0.6 is 0 Å². The van der Waals surface area contributed by atoms with Crippen molar-refractivity contribution in [3.8, 4) is 0 Å². The number of aliphatic carboxylic acids is 1. The van der Waals surface area contributed by atoms with Crippen molar-refractivity contribution in [2.45, 2.75) is 83.7 Å². The number of hydrogen-bond donors (Lipinski definition) is 2. The lowest BCUT2D eigenvalue weighted by atomic mass is 10.1. The van der Waals surface area contributed by atoms with Crippen molar-refractivity contribution in [1.82, 2.24) is 0 Å². The van der Waals surface area contributed by atoms with Crippen molar-refractivity contribution in [1.29, 1.82) is 0 Å². The van der Waals surface area contributed by atoms with E-state index in [1.807, 2.05) is 6.08 Å². The molecule has 0 radical (unpaired) electrons. The fraction of sp³-hybridized carbons (Fsp3) is 0.812. The van der Waals surface area contributed by atoms with Gasteiger partial charge in [-0.15, -0.1) is 0 Å². The number of aliphatic hydroxyl groups is 1. The Hall–Kier alpha value is -0.830. The monoisotopic (exact) mass is 270 g/mol. The molecule has 0 aromatic heterocycles. The van der Waals surface area contributed by atoms with Crippen molar-refractivity contribution in [3.05, 3.63) is 12.2 Å². The summed E-state index contributed by atoms with van der Waals surface area (Å²) in [5.41, 5.74) is 0. The number of hydrogen-bond acceptors (Lipinski definition) is 2. The van der Waals surface area contributed by atoms with E-state index in [0.29, 0.717) is 0 Å². The van der Waals surface area contributed by atoms with Gasteiger partial charge in [0.15, 0.2) is 0 Å². The van der Waals surface area contributed by atoms with Gasteiger partial charge in [0.25, 0.3) is 0 Å². The second kappa shape index (κ2) is 13.6. The van der Waals surface area contributed by atoms with Gasteiger partial charge in [0, 0.05) is 6.42 Å². The lowest BCUT2D eigenvalue weighted by molar-refractivity contribution is -0.137. The van der Waals surface area contributed by atoms with Crippen LogP contribution in [-0.2, 0) is 4.79 Å². The van der Waals surface area contributed by atoms with Gasteiger partial charge in [-0.2, -0.15) is 0 Å². The minimum absolute atomic E-state index is 0.264. The van der Waals surface area contributed by atoms with Crippen LogP contribution in [0.4, 0.5) is 0 Å².